The summed E-state index contributed by atoms with van der Waals surface area (Å²) in [6.07, 6.45) is 2.17. The average molecular weight is 312 g/mol. The number of hydrazone groups is 1. The van der Waals surface area contributed by atoms with Crippen molar-refractivity contribution in [2.75, 3.05) is 6.61 Å². The van der Waals surface area contributed by atoms with Gasteiger partial charge in [0.25, 0.3) is 0 Å². The fraction of sp³-hybridized carbons (Fsp3) is 0.333. The van der Waals surface area contributed by atoms with Gasteiger partial charge in [0.1, 0.15) is 17.1 Å². The van der Waals surface area contributed by atoms with E-state index < -0.39 is 5.60 Å². The number of hydrogen-bond donors (Lipinski definition) is 1. The van der Waals surface area contributed by atoms with E-state index in [0.29, 0.717) is 18.8 Å². The third-order valence-corrected chi connectivity index (χ3v) is 4.02. The van der Waals surface area contributed by atoms with Gasteiger partial charge in [-0.1, -0.05) is 30.3 Å². The predicted octanol–water partition coefficient (Wildman–Crippen LogP) is 2.99. The Bertz CT molecular complexity index is 708. The maximum absolute atomic E-state index is 12.3. The maximum Gasteiger partial charge on any atom is 0.246 e. The van der Waals surface area contributed by atoms with Crippen LogP contribution in [0.25, 0.3) is 0 Å². The summed E-state index contributed by atoms with van der Waals surface area (Å²) in [7, 11) is 0. The number of aryl methyl sites for hydroxylation is 1. The number of nitrogens with zero attached hydrogens (tertiary/aromatic N) is 1. The van der Waals surface area contributed by atoms with Crippen molar-refractivity contribution in [1.82, 2.24) is 5.43 Å². The second kappa shape index (κ2) is 6.38. The molecule has 1 heterocycles. The summed E-state index contributed by atoms with van der Waals surface area (Å²) in [5.74, 6) is 1.05. The minimum Gasteiger partial charge on any atom is -0.460 e. The molecule has 5 heteroatoms. The summed E-state index contributed by atoms with van der Waals surface area (Å²) in [5.41, 5.74) is 3.09. The van der Waals surface area contributed by atoms with Crippen LogP contribution in [-0.4, -0.2) is 18.7 Å². The van der Waals surface area contributed by atoms with Crippen molar-refractivity contribution in [3.05, 3.63) is 59.5 Å². The Morgan fingerprint density at radius 1 is 1.39 bits per heavy atom. The quantitative estimate of drug-likeness (QED) is 0.659. The van der Waals surface area contributed by atoms with Crippen molar-refractivity contribution >= 4 is 12.1 Å². The molecule has 2 atom stereocenters. The molecule has 1 fully saturated rings. The van der Waals surface area contributed by atoms with Gasteiger partial charge in [0.2, 0.25) is 5.91 Å². The van der Waals surface area contributed by atoms with Gasteiger partial charge >= 0.3 is 0 Å². The summed E-state index contributed by atoms with van der Waals surface area (Å²) < 4.78 is 11.3. The van der Waals surface area contributed by atoms with Gasteiger partial charge in [-0.15, -0.1) is 0 Å². The lowest BCUT2D eigenvalue weighted by Crippen LogP contribution is -2.26. The summed E-state index contributed by atoms with van der Waals surface area (Å²) in [4.78, 5) is 12.3. The first kappa shape index (κ1) is 15.5. The molecule has 2 aromatic rings. The van der Waals surface area contributed by atoms with Gasteiger partial charge in [0.15, 0.2) is 0 Å². The van der Waals surface area contributed by atoms with Crippen molar-refractivity contribution in [2.45, 2.75) is 25.9 Å². The van der Waals surface area contributed by atoms with E-state index in [9.17, 15) is 4.79 Å². The van der Waals surface area contributed by atoms with Gasteiger partial charge in [-0.25, -0.2) is 5.43 Å². The molecule has 1 aromatic heterocycles. The first-order chi connectivity index (χ1) is 11.2. The zero-order valence-electron chi connectivity index (χ0n) is 13.3. The number of carbonyl (C=O) groups is 1. The molecule has 3 rings (SSSR count). The molecule has 1 saturated carbocycles. The second-order valence-corrected chi connectivity index (χ2v) is 5.63. The Hall–Kier alpha value is -2.40. The maximum atomic E-state index is 12.3. The zero-order chi connectivity index (χ0) is 16.3. The Kier molecular flexibility index (Phi) is 4.30. The van der Waals surface area contributed by atoms with Gasteiger partial charge in [0, 0.05) is 6.61 Å². The van der Waals surface area contributed by atoms with E-state index in [2.05, 4.69) is 10.5 Å². The lowest BCUT2D eigenvalue weighted by Gasteiger charge is -2.17. The highest BCUT2D eigenvalue weighted by Crippen LogP contribution is 2.55. The number of rotatable bonds is 6. The number of nitrogens with one attached hydrogen (secondary N) is 1. The monoisotopic (exact) mass is 312 g/mol. The molecule has 5 nitrogen and oxygen atoms in total. The first-order valence-electron chi connectivity index (χ1n) is 7.74. The molecule has 0 radical (unpaired) electrons. The molecule has 0 aliphatic heterocycles. The summed E-state index contributed by atoms with van der Waals surface area (Å²) in [6.45, 7) is 4.36. The molecule has 120 valence electrons. The van der Waals surface area contributed by atoms with Crippen LogP contribution in [0.2, 0.25) is 0 Å². The highest BCUT2D eigenvalue weighted by Gasteiger charge is 2.60. The number of ether oxygens (including phenoxy) is 1. The molecule has 0 saturated heterocycles. The van der Waals surface area contributed by atoms with Gasteiger partial charge in [0.05, 0.1) is 12.1 Å². The van der Waals surface area contributed by atoms with Crippen LogP contribution in [0, 0.1) is 12.8 Å². The Balaban J connectivity index is 1.65. The van der Waals surface area contributed by atoms with Crippen molar-refractivity contribution < 1.29 is 13.9 Å². The Morgan fingerprint density at radius 2 is 2.17 bits per heavy atom. The molecular weight excluding hydrogens is 292 g/mol. The van der Waals surface area contributed by atoms with Gasteiger partial charge < -0.3 is 9.15 Å². The number of carbonyl (C=O) groups excluding carboxylic acids is 1. The minimum atomic E-state index is -0.517. The standard InChI is InChI=1S/C18H20N2O3/c1-3-22-18(14-7-5-4-6-8-14)11-16(18)17(21)20-19-12-15-10-9-13(2)23-15/h4-10,12,16H,3,11H2,1-2H3,(H,20,21)/b19-12+. The van der Waals surface area contributed by atoms with Crippen LogP contribution in [0.15, 0.2) is 52.0 Å². The van der Waals surface area contributed by atoms with Crippen LogP contribution in [0.1, 0.15) is 30.4 Å². The predicted molar refractivity (Wildman–Crippen MR) is 87.0 cm³/mol. The van der Waals surface area contributed by atoms with E-state index in [4.69, 9.17) is 9.15 Å². The van der Waals surface area contributed by atoms with E-state index >= 15 is 0 Å². The van der Waals surface area contributed by atoms with Gasteiger partial charge in [-0.2, -0.15) is 5.10 Å². The molecular formula is C18H20N2O3. The fourth-order valence-corrected chi connectivity index (χ4v) is 2.85. The topological polar surface area (TPSA) is 63.8 Å². The first-order valence-corrected chi connectivity index (χ1v) is 7.74. The van der Waals surface area contributed by atoms with E-state index in [1.165, 1.54) is 6.21 Å². The fourth-order valence-electron chi connectivity index (χ4n) is 2.85. The normalized spacial score (nSPS) is 23.1. The van der Waals surface area contributed by atoms with Crippen LogP contribution >= 0.6 is 0 Å². The zero-order valence-corrected chi connectivity index (χ0v) is 13.3. The Labute approximate surface area is 135 Å². The van der Waals surface area contributed by atoms with E-state index in [1.54, 1.807) is 6.07 Å². The van der Waals surface area contributed by atoms with E-state index in [-0.39, 0.29) is 11.8 Å². The van der Waals surface area contributed by atoms with Crippen molar-refractivity contribution in [3.8, 4) is 0 Å². The number of hydrogen-bond acceptors (Lipinski definition) is 4. The molecule has 2 unspecified atom stereocenters. The highest BCUT2D eigenvalue weighted by atomic mass is 16.5. The van der Waals surface area contributed by atoms with Gasteiger partial charge in [-0.3, -0.25) is 4.79 Å². The largest absolute Gasteiger partial charge is 0.460 e. The van der Waals surface area contributed by atoms with Crippen LogP contribution in [0.4, 0.5) is 0 Å². The summed E-state index contributed by atoms with van der Waals surface area (Å²) in [6, 6.07) is 13.5. The smallest absolute Gasteiger partial charge is 0.246 e. The lowest BCUT2D eigenvalue weighted by molar-refractivity contribution is -0.124. The van der Waals surface area contributed by atoms with E-state index in [1.807, 2.05) is 50.2 Å². The van der Waals surface area contributed by atoms with Crippen molar-refractivity contribution in [1.29, 1.82) is 0 Å². The van der Waals surface area contributed by atoms with E-state index in [0.717, 1.165) is 11.3 Å². The summed E-state index contributed by atoms with van der Waals surface area (Å²) >= 11 is 0. The Morgan fingerprint density at radius 3 is 2.83 bits per heavy atom. The molecule has 1 N–H and O–H groups in total. The SMILES string of the molecule is CCOC1(c2ccccc2)CC1C(=O)N/N=C/c1ccc(C)o1. The highest BCUT2D eigenvalue weighted by molar-refractivity contribution is 5.85. The number of benzene rings is 1. The third-order valence-electron chi connectivity index (χ3n) is 4.02. The molecule has 0 spiro atoms. The van der Waals surface area contributed by atoms with Gasteiger partial charge in [-0.05, 0) is 38.0 Å². The van der Waals surface area contributed by atoms with Crippen molar-refractivity contribution in [2.24, 2.45) is 11.0 Å². The average Bonchev–Trinajstić information content (AvgIpc) is 3.15. The molecule has 1 aliphatic rings. The van der Waals surface area contributed by atoms with Crippen molar-refractivity contribution in [3.63, 3.8) is 0 Å². The van der Waals surface area contributed by atoms with Crippen LogP contribution < -0.4 is 5.43 Å². The molecule has 23 heavy (non-hydrogen) atoms. The van der Waals surface area contributed by atoms with Crippen LogP contribution in [0.5, 0.6) is 0 Å². The minimum absolute atomic E-state index is 0.137. The molecule has 1 amide bonds. The molecule has 0 bridgehead atoms. The number of amides is 1. The molecule has 1 aromatic carbocycles. The summed E-state index contributed by atoms with van der Waals surface area (Å²) in [5, 5.41) is 3.96. The molecule has 1 aliphatic carbocycles. The van der Waals surface area contributed by atoms with Crippen LogP contribution in [0.3, 0.4) is 0 Å². The van der Waals surface area contributed by atoms with Crippen LogP contribution in [-0.2, 0) is 15.1 Å². The number of furan rings is 1. The third kappa shape index (κ3) is 3.19. The second-order valence-electron chi connectivity index (χ2n) is 5.63. The lowest BCUT2D eigenvalue weighted by atomic mass is 10.1.